The Morgan fingerprint density at radius 3 is 2.88 bits per heavy atom. The number of likely N-dealkylation sites (tertiary alicyclic amines) is 1. The van der Waals surface area contributed by atoms with E-state index >= 15 is 0 Å². The molecular formula is C20H29N3O3. The smallest absolute Gasteiger partial charge is 0.237 e. The summed E-state index contributed by atoms with van der Waals surface area (Å²) in [6, 6.07) is 4.96. The molecule has 1 unspecified atom stereocenters. The molecule has 26 heavy (non-hydrogen) atoms. The maximum absolute atomic E-state index is 12.8. The zero-order chi connectivity index (χ0) is 18.7. The van der Waals surface area contributed by atoms with Gasteiger partial charge in [-0.25, -0.2) is 0 Å². The molecule has 1 aromatic rings. The number of carbonyl (C=O) groups excluding carboxylic acids is 2. The second-order valence-electron chi connectivity index (χ2n) is 7.75. The normalized spacial score (nSPS) is 21.4. The van der Waals surface area contributed by atoms with E-state index < -0.39 is 0 Å². The summed E-state index contributed by atoms with van der Waals surface area (Å²) in [6.07, 6.45) is 3.23. The Bertz CT molecular complexity index is 674. The highest BCUT2D eigenvalue weighted by molar-refractivity contribution is 5.83. The SMILES string of the molecule is CC(C)C(CN1CCCCC1=O)NC(=O)[C@H]1Cc2ccc(O)cc2CN1. The average molecular weight is 359 g/mol. The molecule has 2 aliphatic rings. The van der Waals surface area contributed by atoms with Crippen LogP contribution in [0.25, 0.3) is 0 Å². The van der Waals surface area contributed by atoms with E-state index in [1.165, 1.54) is 0 Å². The van der Waals surface area contributed by atoms with Crippen LogP contribution in [-0.2, 0) is 22.6 Å². The third-order valence-corrected chi connectivity index (χ3v) is 5.44. The summed E-state index contributed by atoms with van der Waals surface area (Å²) in [6.45, 7) is 6.09. The van der Waals surface area contributed by atoms with Gasteiger partial charge in [-0.3, -0.25) is 9.59 Å². The van der Waals surface area contributed by atoms with Gasteiger partial charge in [0.1, 0.15) is 5.75 Å². The second kappa shape index (κ2) is 8.08. The molecule has 3 rings (SSSR count). The van der Waals surface area contributed by atoms with Crippen molar-refractivity contribution in [3.05, 3.63) is 29.3 Å². The Kier molecular flexibility index (Phi) is 5.81. The summed E-state index contributed by atoms with van der Waals surface area (Å²) < 4.78 is 0. The van der Waals surface area contributed by atoms with Gasteiger partial charge in [0.05, 0.1) is 6.04 Å². The van der Waals surface area contributed by atoms with Gasteiger partial charge in [-0.2, -0.15) is 0 Å². The molecule has 0 spiro atoms. The number of benzene rings is 1. The number of nitrogens with one attached hydrogen (secondary N) is 2. The maximum Gasteiger partial charge on any atom is 0.237 e. The van der Waals surface area contributed by atoms with Gasteiger partial charge in [0.15, 0.2) is 0 Å². The van der Waals surface area contributed by atoms with Gasteiger partial charge in [-0.15, -0.1) is 0 Å². The van der Waals surface area contributed by atoms with Gasteiger partial charge < -0.3 is 20.6 Å². The van der Waals surface area contributed by atoms with E-state index in [1.54, 1.807) is 12.1 Å². The first-order valence-electron chi connectivity index (χ1n) is 9.56. The molecule has 0 aliphatic carbocycles. The minimum absolute atomic E-state index is 0.0214. The van der Waals surface area contributed by atoms with Crippen LogP contribution in [0.4, 0.5) is 0 Å². The number of nitrogens with zero attached hydrogens (tertiary/aromatic N) is 1. The summed E-state index contributed by atoms with van der Waals surface area (Å²) in [5, 5.41) is 16.0. The van der Waals surface area contributed by atoms with E-state index in [0.717, 1.165) is 30.5 Å². The highest BCUT2D eigenvalue weighted by Crippen LogP contribution is 2.22. The highest BCUT2D eigenvalue weighted by Gasteiger charge is 2.29. The molecule has 0 saturated carbocycles. The Labute approximate surface area is 155 Å². The van der Waals surface area contributed by atoms with Crippen molar-refractivity contribution in [1.29, 1.82) is 0 Å². The molecule has 0 bridgehead atoms. The molecule has 0 aromatic heterocycles. The predicted molar refractivity (Wildman–Crippen MR) is 99.6 cm³/mol. The van der Waals surface area contributed by atoms with Crippen LogP contribution in [0.15, 0.2) is 18.2 Å². The number of aromatic hydroxyl groups is 1. The third kappa shape index (κ3) is 4.36. The average Bonchev–Trinajstić information content (AvgIpc) is 2.62. The molecule has 2 aliphatic heterocycles. The molecule has 0 radical (unpaired) electrons. The summed E-state index contributed by atoms with van der Waals surface area (Å²) >= 11 is 0. The summed E-state index contributed by atoms with van der Waals surface area (Å²) in [7, 11) is 0. The Hall–Kier alpha value is -2.08. The number of phenols is 1. The second-order valence-corrected chi connectivity index (χ2v) is 7.75. The molecule has 6 heteroatoms. The number of phenolic OH excluding ortho intramolecular Hbond substituents is 1. The Morgan fingerprint density at radius 2 is 2.15 bits per heavy atom. The van der Waals surface area contributed by atoms with E-state index in [2.05, 4.69) is 24.5 Å². The van der Waals surface area contributed by atoms with Gasteiger partial charge in [-0.05, 0) is 48.4 Å². The molecule has 2 atom stereocenters. The van der Waals surface area contributed by atoms with Crippen molar-refractivity contribution >= 4 is 11.8 Å². The summed E-state index contributed by atoms with van der Waals surface area (Å²) in [5.41, 5.74) is 2.13. The maximum atomic E-state index is 12.8. The van der Waals surface area contributed by atoms with Gasteiger partial charge in [-0.1, -0.05) is 19.9 Å². The van der Waals surface area contributed by atoms with E-state index in [4.69, 9.17) is 0 Å². The number of hydrogen-bond acceptors (Lipinski definition) is 4. The van der Waals surface area contributed by atoms with Crippen LogP contribution in [0.2, 0.25) is 0 Å². The van der Waals surface area contributed by atoms with Crippen LogP contribution >= 0.6 is 0 Å². The fourth-order valence-corrected chi connectivity index (χ4v) is 3.69. The zero-order valence-corrected chi connectivity index (χ0v) is 15.6. The van der Waals surface area contributed by atoms with E-state index in [-0.39, 0.29) is 35.6 Å². The van der Waals surface area contributed by atoms with E-state index in [9.17, 15) is 14.7 Å². The highest BCUT2D eigenvalue weighted by atomic mass is 16.3. The number of piperidine rings is 1. The fourth-order valence-electron chi connectivity index (χ4n) is 3.69. The van der Waals surface area contributed by atoms with Crippen LogP contribution in [-0.4, -0.2) is 47.0 Å². The van der Waals surface area contributed by atoms with Crippen LogP contribution in [0.5, 0.6) is 5.75 Å². The molecule has 142 valence electrons. The quantitative estimate of drug-likeness (QED) is 0.745. The molecule has 2 amide bonds. The van der Waals surface area contributed by atoms with Gasteiger partial charge >= 0.3 is 0 Å². The van der Waals surface area contributed by atoms with E-state index in [0.29, 0.717) is 25.9 Å². The third-order valence-electron chi connectivity index (χ3n) is 5.44. The number of fused-ring (bicyclic) bond motifs is 1. The number of hydrogen-bond donors (Lipinski definition) is 3. The van der Waals surface area contributed by atoms with E-state index in [1.807, 2.05) is 11.0 Å². The van der Waals surface area contributed by atoms with Crippen molar-refractivity contribution in [1.82, 2.24) is 15.5 Å². The van der Waals surface area contributed by atoms with Crippen molar-refractivity contribution < 1.29 is 14.7 Å². The van der Waals surface area contributed by atoms with Crippen LogP contribution in [0.1, 0.15) is 44.2 Å². The largest absolute Gasteiger partial charge is 0.508 e. The Balaban J connectivity index is 1.61. The monoisotopic (exact) mass is 359 g/mol. The van der Waals surface area contributed by atoms with Crippen molar-refractivity contribution in [2.45, 2.75) is 58.2 Å². The van der Waals surface area contributed by atoms with Crippen LogP contribution < -0.4 is 10.6 Å². The summed E-state index contributed by atoms with van der Waals surface area (Å²) in [5.74, 6) is 0.675. The molecule has 1 saturated heterocycles. The standard InChI is InChI=1S/C20H29N3O3/c1-13(2)18(12-23-8-4-3-5-19(23)25)22-20(26)17-10-14-6-7-16(24)9-15(14)11-21-17/h6-7,9,13,17-18,21,24H,3-5,8,10-12H2,1-2H3,(H,22,26)/t17-,18?/m1/s1. The number of carbonyl (C=O) groups is 2. The number of amides is 2. The lowest BCUT2D eigenvalue weighted by molar-refractivity contribution is -0.134. The molecule has 2 heterocycles. The topological polar surface area (TPSA) is 81.7 Å². The fraction of sp³-hybridized carbons (Fsp3) is 0.600. The minimum Gasteiger partial charge on any atom is -0.508 e. The molecule has 1 aromatic carbocycles. The van der Waals surface area contributed by atoms with Gasteiger partial charge in [0, 0.05) is 32.1 Å². The van der Waals surface area contributed by atoms with Crippen LogP contribution in [0.3, 0.4) is 0 Å². The lowest BCUT2D eigenvalue weighted by atomic mass is 9.94. The number of rotatable bonds is 5. The minimum atomic E-state index is -0.287. The van der Waals surface area contributed by atoms with Gasteiger partial charge in [0.25, 0.3) is 0 Å². The van der Waals surface area contributed by atoms with Crippen molar-refractivity contribution in [2.75, 3.05) is 13.1 Å². The Morgan fingerprint density at radius 1 is 1.35 bits per heavy atom. The molecule has 3 N–H and O–H groups in total. The lowest BCUT2D eigenvalue weighted by Gasteiger charge is -2.34. The van der Waals surface area contributed by atoms with Crippen molar-refractivity contribution in [2.24, 2.45) is 5.92 Å². The molecule has 1 fully saturated rings. The molecular weight excluding hydrogens is 330 g/mol. The molecule has 6 nitrogen and oxygen atoms in total. The van der Waals surface area contributed by atoms with Crippen molar-refractivity contribution in [3.8, 4) is 5.75 Å². The van der Waals surface area contributed by atoms with Gasteiger partial charge in [0.2, 0.25) is 11.8 Å². The first kappa shape index (κ1) is 18.7. The summed E-state index contributed by atoms with van der Waals surface area (Å²) in [4.78, 5) is 26.8. The zero-order valence-electron chi connectivity index (χ0n) is 15.6. The lowest BCUT2D eigenvalue weighted by Crippen LogP contribution is -2.55. The first-order chi connectivity index (χ1) is 12.4. The predicted octanol–water partition coefficient (Wildman–Crippen LogP) is 1.56. The van der Waals surface area contributed by atoms with Crippen molar-refractivity contribution in [3.63, 3.8) is 0 Å². The first-order valence-corrected chi connectivity index (χ1v) is 9.56. The van der Waals surface area contributed by atoms with Crippen LogP contribution in [0, 0.1) is 5.92 Å².